The number of imidazole rings is 1. The molecule has 0 unspecified atom stereocenters. The van der Waals surface area contributed by atoms with Crippen LogP contribution in [0.5, 0.6) is 0 Å². The zero-order valence-electron chi connectivity index (χ0n) is 9.75. The number of carbonyl (C=O) groups is 2. The highest BCUT2D eigenvalue weighted by Crippen LogP contribution is 2.18. The third-order valence-electron chi connectivity index (χ3n) is 2.70. The number of aryl methyl sites for hydroxylation is 2. The Labute approximate surface area is 103 Å². The molecular weight excluding hydrogens is 236 g/mol. The number of hydrogen-bond acceptors (Lipinski definition) is 3. The van der Waals surface area contributed by atoms with E-state index >= 15 is 0 Å². The molecule has 0 spiro atoms. The van der Waals surface area contributed by atoms with Gasteiger partial charge in [-0.3, -0.25) is 4.79 Å². The maximum atomic E-state index is 11.1. The lowest BCUT2D eigenvalue weighted by Gasteiger charge is -2.01. The van der Waals surface area contributed by atoms with Crippen LogP contribution in [0.1, 0.15) is 28.3 Å². The van der Waals surface area contributed by atoms with Crippen molar-refractivity contribution in [3.8, 4) is 0 Å². The van der Waals surface area contributed by atoms with E-state index in [0.717, 1.165) is 5.56 Å². The molecule has 0 aromatic carbocycles. The van der Waals surface area contributed by atoms with Crippen LogP contribution in [0.4, 0.5) is 0 Å². The van der Waals surface area contributed by atoms with Gasteiger partial charge in [-0.25, -0.2) is 9.78 Å². The van der Waals surface area contributed by atoms with Crippen molar-refractivity contribution in [1.29, 1.82) is 0 Å². The predicted molar refractivity (Wildman–Crippen MR) is 62.8 cm³/mol. The highest BCUT2D eigenvalue weighted by Gasteiger charge is 2.18. The van der Waals surface area contributed by atoms with E-state index in [0.29, 0.717) is 11.3 Å². The first-order chi connectivity index (χ1) is 8.50. The minimum Gasteiger partial charge on any atom is -0.481 e. The maximum Gasteiger partial charge on any atom is 0.356 e. The van der Waals surface area contributed by atoms with E-state index in [-0.39, 0.29) is 18.5 Å². The largest absolute Gasteiger partial charge is 0.481 e. The van der Waals surface area contributed by atoms with Crippen LogP contribution in [0.15, 0.2) is 18.3 Å². The highest BCUT2D eigenvalue weighted by atomic mass is 16.4. The number of carboxylic acid groups (broad SMARTS) is 2. The minimum atomic E-state index is -1.11. The zero-order valence-corrected chi connectivity index (χ0v) is 9.75. The van der Waals surface area contributed by atoms with Crippen molar-refractivity contribution in [3.63, 3.8) is 0 Å². The normalized spacial score (nSPS) is 10.7. The van der Waals surface area contributed by atoms with E-state index < -0.39 is 11.9 Å². The van der Waals surface area contributed by atoms with E-state index in [2.05, 4.69) is 4.98 Å². The second-order valence-electron chi connectivity index (χ2n) is 3.99. The van der Waals surface area contributed by atoms with Gasteiger partial charge >= 0.3 is 11.9 Å². The summed E-state index contributed by atoms with van der Waals surface area (Å²) in [5, 5.41) is 17.8. The minimum absolute atomic E-state index is 0.0338. The molecule has 6 nitrogen and oxygen atoms in total. The van der Waals surface area contributed by atoms with Crippen molar-refractivity contribution in [2.24, 2.45) is 0 Å². The van der Waals surface area contributed by atoms with E-state index in [1.54, 1.807) is 29.7 Å². The molecule has 0 atom stereocenters. The molecule has 18 heavy (non-hydrogen) atoms. The number of fused-ring (bicyclic) bond motifs is 1. The van der Waals surface area contributed by atoms with Crippen LogP contribution in [-0.4, -0.2) is 31.5 Å². The van der Waals surface area contributed by atoms with Gasteiger partial charge in [-0.05, 0) is 18.6 Å². The smallest absolute Gasteiger partial charge is 0.356 e. The number of aliphatic carboxylic acids is 1. The summed E-state index contributed by atoms with van der Waals surface area (Å²) in [6.45, 7) is 1.80. The number of hydrogen-bond donors (Lipinski definition) is 2. The van der Waals surface area contributed by atoms with Gasteiger partial charge in [0.15, 0.2) is 5.69 Å². The van der Waals surface area contributed by atoms with Crippen molar-refractivity contribution >= 4 is 17.5 Å². The summed E-state index contributed by atoms with van der Waals surface area (Å²) in [7, 11) is 0. The molecule has 2 N–H and O–H groups in total. The number of aromatic carboxylic acids is 1. The molecule has 0 amide bonds. The zero-order chi connectivity index (χ0) is 13.3. The first-order valence-corrected chi connectivity index (χ1v) is 5.42. The third-order valence-corrected chi connectivity index (χ3v) is 2.70. The Kier molecular flexibility index (Phi) is 3.01. The lowest BCUT2D eigenvalue weighted by Crippen LogP contribution is -2.01. The van der Waals surface area contributed by atoms with Gasteiger partial charge < -0.3 is 14.6 Å². The fourth-order valence-corrected chi connectivity index (χ4v) is 1.91. The standard InChI is InChI=1S/C12H12N2O4/c1-7-3-2-6-14-8(4-5-9(15)16)13-10(11(7)14)12(17)18/h2-3,6H,4-5H2,1H3,(H,15,16)(H,17,18). The van der Waals surface area contributed by atoms with Gasteiger partial charge in [-0.15, -0.1) is 0 Å². The van der Waals surface area contributed by atoms with Crippen LogP contribution in [0, 0.1) is 6.92 Å². The Balaban J connectivity index is 2.58. The molecule has 6 heteroatoms. The monoisotopic (exact) mass is 248 g/mol. The van der Waals surface area contributed by atoms with E-state index in [4.69, 9.17) is 10.2 Å². The van der Waals surface area contributed by atoms with Gasteiger partial charge in [0.05, 0.1) is 11.9 Å². The number of pyridine rings is 1. The number of rotatable bonds is 4. The van der Waals surface area contributed by atoms with Crippen molar-refractivity contribution in [2.45, 2.75) is 19.8 Å². The molecule has 2 aromatic heterocycles. The molecule has 2 aromatic rings. The molecule has 0 aliphatic rings. The van der Waals surface area contributed by atoms with Crippen LogP contribution >= 0.6 is 0 Å². The predicted octanol–water partition coefficient (Wildman–Crippen LogP) is 1.36. The van der Waals surface area contributed by atoms with Crippen molar-refractivity contribution < 1.29 is 19.8 Å². The summed E-state index contributed by atoms with van der Waals surface area (Å²) >= 11 is 0. The fourth-order valence-electron chi connectivity index (χ4n) is 1.91. The maximum absolute atomic E-state index is 11.1. The summed E-state index contributed by atoms with van der Waals surface area (Å²) in [5.74, 6) is -1.59. The Hall–Kier alpha value is -2.37. The Bertz CT molecular complexity index is 630. The highest BCUT2D eigenvalue weighted by molar-refractivity contribution is 5.94. The van der Waals surface area contributed by atoms with E-state index in [9.17, 15) is 9.59 Å². The van der Waals surface area contributed by atoms with Gasteiger partial charge in [-0.2, -0.15) is 0 Å². The van der Waals surface area contributed by atoms with Gasteiger partial charge in [0.25, 0.3) is 0 Å². The van der Waals surface area contributed by atoms with Crippen LogP contribution in [0.2, 0.25) is 0 Å². The topological polar surface area (TPSA) is 91.9 Å². The van der Waals surface area contributed by atoms with Crippen LogP contribution in [0.3, 0.4) is 0 Å². The van der Waals surface area contributed by atoms with Crippen molar-refractivity contribution in [2.75, 3.05) is 0 Å². The van der Waals surface area contributed by atoms with E-state index in [1.165, 1.54) is 0 Å². The molecule has 0 radical (unpaired) electrons. The fraction of sp³-hybridized carbons (Fsp3) is 0.250. The second kappa shape index (κ2) is 4.48. The van der Waals surface area contributed by atoms with Gasteiger partial charge in [-0.1, -0.05) is 6.07 Å². The molecule has 94 valence electrons. The third kappa shape index (κ3) is 2.04. The molecular formula is C12H12N2O4. The summed E-state index contributed by atoms with van der Waals surface area (Å²) in [5.41, 5.74) is 1.28. The molecule has 2 heterocycles. The average Bonchev–Trinajstić information content (AvgIpc) is 2.67. The molecule has 0 fully saturated rings. The number of carboxylic acids is 2. The molecule has 0 aliphatic heterocycles. The number of aromatic nitrogens is 2. The summed E-state index contributed by atoms with van der Waals surface area (Å²) < 4.78 is 1.64. The summed E-state index contributed by atoms with van der Waals surface area (Å²) in [6.07, 6.45) is 1.82. The molecule has 0 aliphatic carbocycles. The summed E-state index contributed by atoms with van der Waals surface area (Å²) in [4.78, 5) is 25.7. The lowest BCUT2D eigenvalue weighted by atomic mass is 10.2. The quantitative estimate of drug-likeness (QED) is 0.852. The Morgan fingerprint density at radius 3 is 2.72 bits per heavy atom. The Morgan fingerprint density at radius 1 is 1.39 bits per heavy atom. The van der Waals surface area contributed by atoms with Crippen LogP contribution in [0.25, 0.3) is 5.52 Å². The molecule has 0 bridgehead atoms. The lowest BCUT2D eigenvalue weighted by molar-refractivity contribution is -0.137. The molecule has 0 saturated heterocycles. The summed E-state index contributed by atoms with van der Waals surface area (Å²) in [6, 6.07) is 3.57. The van der Waals surface area contributed by atoms with Crippen molar-refractivity contribution in [1.82, 2.24) is 9.38 Å². The first-order valence-electron chi connectivity index (χ1n) is 5.42. The molecule has 2 rings (SSSR count). The SMILES string of the molecule is Cc1cccn2c(CCC(=O)O)nc(C(=O)O)c12. The van der Waals surface area contributed by atoms with Gasteiger partial charge in [0, 0.05) is 12.6 Å². The second-order valence-corrected chi connectivity index (χ2v) is 3.99. The Morgan fingerprint density at radius 2 is 2.11 bits per heavy atom. The number of nitrogens with zero attached hydrogens (tertiary/aromatic N) is 2. The van der Waals surface area contributed by atoms with E-state index in [1.807, 2.05) is 0 Å². The van der Waals surface area contributed by atoms with Gasteiger partial charge in [0.1, 0.15) is 5.82 Å². The van der Waals surface area contributed by atoms with Crippen LogP contribution < -0.4 is 0 Å². The van der Waals surface area contributed by atoms with Gasteiger partial charge in [0.2, 0.25) is 0 Å². The first kappa shape index (κ1) is 12.1. The molecule has 0 saturated carbocycles. The average molecular weight is 248 g/mol. The van der Waals surface area contributed by atoms with Crippen molar-refractivity contribution in [3.05, 3.63) is 35.4 Å². The van der Waals surface area contributed by atoms with Crippen LogP contribution in [-0.2, 0) is 11.2 Å².